The molecule has 0 spiro atoms. The average Bonchev–Trinajstić information content (AvgIpc) is 2.91. The molecule has 4 aliphatic rings. The molecule has 9 atom stereocenters. The van der Waals surface area contributed by atoms with E-state index in [4.69, 9.17) is 0 Å². The second-order valence-corrected chi connectivity index (χ2v) is 10.0. The zero-order valence-electron chi connectivity index (χ0n) is 15.7. The van der Waals surface area contributed by atoms with E-state index in [-0.39, 0.29) is 41.3 Å². The van der Waals surface area contributed by atoms with Crippen LogP contribution in [0.25, 0.3) is 0 Å². The van der Waals surface area contributed by atoms with Gasteiger partial charge in [0.15, 0.2) is 5.78 Å². The number of fused-ring (bicyclic) bond motifs is 5. The molecule has 4 unspecified atom stereocenters. The van der Waals surface area contributed by atoms with Gasteiger partial charge in [-0.1, -0.05) is 13.8 Å². The SMILES string of the molecule is C[C@]12C[C@H](O)C3C(CC[C@@H]4C[C@H](O)CC[C@]34C)C1CCC2C(=O)CO. The lowest BCUT2D eigenvalue weighted by molar-refractivity contribution is -0.179. The Labute approximate surface area is 151 Å². The number of rotatable bonds is 2. The maximum atomic E-state index is 12.3. The Bertz CT molecular complexity index is 548. The number of carbonyl (C=O) groups excluding carboxylic acids is 1. The number of Topliss-reactive ketones (excluding diaryl/α,β-unsaturated/α-hetero) is 1. The smallest absolute Gasteiger partial charge is 0.161 e. The highest BCUT2D eigenvalue weighted by atomic mass is 16.3. The molecule has 0 aromatic heterocycles. The van der Waals surface area contributed by atoms with Crippen molar-refractivity contribution in [3.63, 3.8) is 0 Å². The van der Waals surface area contributed by atoms with Crippen LogP contribution in [0.2, 0.25) is 0 Å². The van der Waals surface area contributed by atoms with E-state index in [1.165, 1.54) is 0 Å². The summed E-state index contributed by atoms with van der Waals surface area (Å²) in [7, 11) is 0. The van der Waals surface area contributed by atoms with Crippen LogP contribution in [0, 0.1) is 40.4 Å². The third kappa shape index (κ3) is 2.47. The molecule has 4 saturated carbocycles. The van der Waals surface area contributed by atoms with Crippen LogP contribution in [0.3, 0.4) is 0 Å². The minimum absolute atomic E-state index is 0.0312. The molecule has 0 aromatic rings. The fraction of sp³-hybridized carbons (Fsp3) is 0.952. The van der Waals surface area contributed by atoms with Gasteiger partial charge < -0.3 is 15.3 Å². The molecule has 4 fully saturated rings. The monoisotopic (exact) mass is 350 g/mol. The lowest BCUT2D eigenvalue weighted by atomic mass is 9.44. The van der Waals surface area contributed by atoms with Crippen molar-refractivity contribution in [2.75, 3.05) is 6.61 Å². The lowest BCUT2D eigenvalue weighted by Gasteiger charge is -2.62. The third-order valence-corrected chi connectivity index (χ3v) is 9.11. The first-order chi connectivity index (χ1) is 11.8. The summed E-state index contributed by atoms with van der Waals surface area (Å²) < 4.78 is 0. The summed E-state index contributed by atoms with van der Waals surface area (Å²) in [5.41, 5.74) is -0.0280. The Morgan fingerprint density at radius 2 is 1.80 bits per heavy atom. The summed E-state index contributed by atoms with van der Waals surface area (Å²) >= 11 is 0. The van der Waals surface area contributed by atoms with E-state index in [1.54, 1.807) is 0 Å². The number of carbonyl (C=O) groups is 1. The highest BCUT2D eigenvalue weighted by Gasteiger charge is 2.63. The van der Waals surface area contributed by atoms with Crippen LogP contribution in [0.4, 0.5) is 0 Å². The van der Waals surface area contributed by atoms with Gasteiger partial charge in [0, 0.05) is 5.92 Å². The molecule has 4 heteroatoms. The molecule has 4 rings (SSSR count). The van der Waals surface area contributed by atoms with Crippen LogP contribution in [0.5, 0.6) is 0 Å². The van der Waals surface area contributed by atoms with E-state index in [1.807, 2.05) is 0 Å². The Morgan fingerprint density at radius 3 is 2.52 bits per heavy atom. The lowest BCUT2D eigenvalue weighted by Crippen LogP contribution is -2.59. The van der Waals surface area contributed by atoms with Gasteiger partial charge in [-0.2, -0.15) is 0 Å². The Hall–Kier alpha value is -0.450. The van der Waals surface area contributed by atoms with Crippen LogP contribution in [0.15, 0.2) is 0 Å². The van der Waals surface area contributed by atoms with E-state index in [0.29, 0.717) is 30.1 Å². The normalized spacial score (nSPS) is 55.2. The van der Waals surface area contributed by atoms with Crippen molar-refractivity contribution in [3.05, 3.63) is 0 Å². The molecule has 142 valence electrons. The summed E-state index contributed by atoms with van der Waals surface area (Å²) in [6.07, 6.45) is 7.12. The molecule has 0 aromatic carbocycles. The van der Waals surface area contributed by atoms with Crippen molar-refractivity contribution in [2.45, 2.75) is 77.4 Å². The van der Waals surface area contributed by atoms with Gasteiger partial charge in [0.2, 0.25) is 0 Å². The molecule has 25 heavy (non-hydrogen) atoms. The van der Waals surface area contributed by atoms with Gasteiger partial charge in [0.1, 0.15) is 6.61 Å². The van der Waals surface area contributed by atoms with Crippen LogP contribution >= 0.6 is 0 Å². The van der Waals surface area contributed by atoms with Gasteiger partial charge in [-0.25, -0.2) is 0 Å². The molecule has 0 heterocycles. The standard InChI is InChI=1S/C21H34O4/c1-20-8-7-13(23)9-12(20)3-4-14-15-5-6-16(18(25)11-22)21(15,2)10-17(24)19(14)20/h12-17,19,22-24H,3-11H2,1-2H3/t12-,13-,14?,15?,16?,17+,19?,20+,21+/m1/s1. The second kappa shape index (κ2) is 6.03. The first-order valence-electron chi connectivity index (χ1n) is 10.3. The molecule has 4 aliphatic carbocycles. The molecule has 0 aliphatic heterocycles. The van der Waals surface area contributed by atoms with Crippen molar-refractivity contribution >= 4 is 5.78 Å². The van der Waals surface area contributed by atoms with Gasteiger partial charge in [-0.05, 0) is 85.9 Å². The number of hydrogen-bond acceptors (Lipinski definition) is 4. The highest BCUT2D eigenvalue weighted by molar-refractivity contribution is 5.83. The molecule has 0 saturated heterocycles. The van der Waals surface area contributed by atoms with Gasteiger partial charge in [0.05, 0.1) is 12.2 Å². The van der Waals surface area contributed by atoms with E-state index in [0.717, 1.165) is 44.9 Å². The minimum atomic E-state index is -0.366. The quantitative estimate of drug-likeness (QED) is 0.715. The topological polar surface area (TPSA) is 77.8 Å². The molecule has 0 bridgehead atoms. The summed E-state index contributed by atoms with van der Waals surface area (Å²) in [6, 6.07) is 0. The summed E-state index contributed by atoms with van der Waals surface area (Å²) in [6.45, 7) is 4.19. The van der Waals surface area contributed by atoms with Crippen LogP contribution < -0.4 is 0 Å². The van der Waals surface area contributed by atoms with Gasteiger partial charge in [-0.15, -0.1) is 0 Å². The van der Waals surface area contributed by atoms with Crippen molar-refractivity contribution < 1.29 is 20.1 Å². The summed E-state index contributed by atoms with van der Waals surface area (Å²) in [4.78, 5) is 12.3. The number of ketones is 1. The van der Waals surface area contributed by atoms with Gasteiger partial charge in [-0.3, -0.25) is 4.79 Å². The van der Waals surface area contributed by atoms with Crippen molar-refractivity contribution in [1.29, 1.82) is 0 Å². The first kappa shape index (κ1) is 17.9. The van der Waals surface area contributed by atoms with Crippen LogP contribution in [-0.4, -0.2) is 39.9 Å². The van der Waals surface area contributed by atoms with Crippen molar-refractivity contribution in [2.24, 2.45) is 40.4 Å². The predicted molar refractivity (Wildman–Crippen MR) is 94.7 cm³/mol. The zero-order valence-corrected chi connectivity index (χ0v) is 15.7. The number of aliphatic hydroxyl groups is 3. The highest BCUT2D eigenvalue weighted by Crippen LogP contribution is 2.67. The third-order valence-electron chi connectivity index (χ3n) is 9.11. The average molecular weight is 350 g/mol. The maximum Gasteiger partial charge on any atom is 0.161 e. The predicted octanol–water partition coefficient (Wildman–Crippen LogP) is 2.54. The van der Waals surface area contributed by atoms with Crippen LogP contribution in [0.1, 0.15) is 65.2 Å². The molecular formula is C21H34O4. The summed E-state index contributed by atoms with van der Waals surface area (Å²) in [5, 5.41) is 30.7. The van der Waals surface area contributed by atoms with E-state index >= 15 is 0 Å². The molecule has 4 nitrogen and oxygen atoms in total. The Kier molecular flexibility index (Phi) is 4.33. The molecule has 0 radical (unpaired) electrons. The van der Waals surface area contributed by atoms with Crippen molar-refractivity contribution in [1.82, 2.24) is 0 Å². The molecule has 0 amide bonds. The zero-order chi connectivity index (χ0) is 18.0. The Morgan fingerprint density at radius 1 is 1.04 bits per heavy atom. The van der Waals surface area contributed by atoms with Gasteiger partial charge in [0.25, 0.3) is 0 Å². The van der Waals surface area contributed by atoms with Gasteiger partial charge >= 0.3 is 0 Å². The first-order valence-corrected chi connectivity index (χ1v) is 10.3. The fourth-order valence-corrected chi connectivity index (χ4v) is 8.00. The minimum Gasteiger partial charge on any atom is -0.393 e. The number of aliphatic hydroxyl groups excluding tert-OH is 3. The maximum absolute atomic E-state index is 12.3. The second-order valence-electron chi connectivity index (χ2n) is 10.0. The van der Waals surface area contributed by atoms with E-state index in [9.17, 15) is 20.1 Å². The van der Waals surface area contributed by atoms with E-state index < -0.39 is 0 Å². The largest absolute Gasteiger partial charge is 0.393 e. The molecule has 3 N–H and O–H groups in total. The van der Waals surface area contributed by atoms with Crippen molar-refractivity contribution in [3.8, 4) is 0 Å². The summed E-state index contributed by atoms with van der Waals surface area (Å²) in [5.74, 6) is 1.69. The van der Waals surface area contributed by atoms with Crippen LogP contribution in [-0.2, 0) is 4.79 Å². The Balaban J connectivity index is 1.65. The number of hydrogen-bond donors (Lipinski definition) is 3. The fourth-order valence-electron chi connectivity index (χ4n) is 8.00. The van der Waals surface area contributed by atoms with E-state index in [2.05, 4.69) is 13.8 Å². The molecular weight excluding hydrogens is 316 g/mol.